The largest absolute Gasteiger partial charge is 0.506 e. The zero-order chi connectivity index (χ0) is 23.7. The first-order valence-electron chi connectivity index (χ1n) is 12.7. The van der Waals surface area contributed by atoms with Crippen LogP contribution >= 0.6 is 22.9 Å². The molecule has 0 spiro atoms. The van der Waals surface area contributed by atoms with Gasteiger partial charge < -0.3 is 9.52 Å². The lowest BCUT2D eigenvalue weighted by Crippen LogP contribution is -2.12. The second-order valence-electron chi connectivity index (χ2n) is 10.0. The first kappa shape index (κ1) is 23.5. The molecule has 3 unspecified atom stereocenters. The molecule has 1 N–H and O–H groups in total. The Morgan fingerprint density at radius 2 is 2.03 bits per heavy atom. The fourth-order valence-corrected chi connectivity index (χ4v) is 7.14. The van der Waals surface area contributed by atoms with Crippen molar-refractivity contribution in [2.45, 2.75) is 64.7 Å². The number of aromatic hydroxyl groups is 1. The smallest absolute Gasteiger partial charge is 0.138 e. The van der Waals surface area contributed by atoms with Crippen LogP contribution in [-0.4, -0.2) is 5.11 Å². The van der Waals surface area contributed by atoms with E-state index in [-0.39, 0.29) is 0 Å². The fourth-order valence-electron chi connectivity index (χ4n) is 6.01. The van der Waals surface area contributed by atoms with Crippen molar-refractivity contribution in [1.82, 2.24) is 0 Å². The second-order valence-corrected chi connectivity index (χ2v) is 11.5. The third kappa shape index (κ3) is 4.80. The van der Waals surface area contributed by atoms with Crippen molar-refractivity contribution in [2.75, 3.05) is 0 Å². The summed E-state index contributed by atoms with van der Waals surface area (Å²) >= 11 is 7.63. The van der Waals surface area contributed by atoms with E-state index in [9.17, 15) is 5.11 Å². The Kier molecular flexibility index (Phi) is 7.06. The van der Waals surface area contributed by atoms with E-state index in [1.165, 1.54) is 31.2 Å². The normalized spacial score (nSPS) is 21.9. The summed E-state index contributed by atoms with van der Waals surface area (Å²) in [6, 6.07) is 9.86. The average molecular weight is 493 g/mol. The van der Waals surface area contributed by atoms with Crippen molar-refractivity contribution in [3.05, 3.63) is 67.9 Å². The molecule has 5 rings (SSSR count). The van der Waals surface area contributed by atoms with Crippen LogP contribution in [0.2, 0.25) is 5.02 Å². The van der Waals surface area contributed by atoms with Crippen LogP contribution in [0.1, 0.15) is 68.8 Å². The molecule has 0 radical (unpaired) electrons. The maximum absolute atomic E-state index is 11.2. The van der Waals surface area contributed by atoms with Crippen molar-refractivity contribution >= 4 is 34.7 Å². The Morgan fingerprint density at radius 1 is 1.21 bits per heavy atom. The number of hydrogen-bond acceptors (Lipinski definition) is 3. The molecule has 2 aromatic heterocycles. The molecule has 4 heteroatoms. The Balaban J connectivity index is 1.46. The van der Waals surface area contributed by atoms with Crippen molar-refractivity contribution in [3.63, 3.8) is 0 Å². The van der Waals surface area contributed by atoms with E-state index in [1.807, 2.05) is 30.3 Å². The van der Waals surface area contributed by atoms with Crippen LogP contribution in [0, 0.1) is 17.8 Å². The van der Waals surface area contributed by atoms with Gasteiger partial charge in [0.05, 0.1) is 9.06 Å². The molecule has 178 valence electrons. The number of halogens is 1. The first-order valence-corrected chi connectivity index (χ1v) is 13.9. The minimum atomic E-state index is 0.380. The van der Waals surface area contributed by atoms with Crippen LogP contribution < -0.4 is 9.06 Å². The van der Waals surface area contributed by atoms with Crippen LogP contribution in [0.25, 0.3) is 23.1 Å². The molecular weight excluding hydrogens is 460 g/mol. The maximum Gasteiger partial charge on any atom is 0.138 e. The second kappa shape index (κ2) is 10.2. The van der Waals surface area contributed by atoms with Gasteiger partial charge in [0, 0.05) is 22.2 Å². The van der Waals surface area contributed by atoms with E-state index in [0.29, 0.717) is 10.8 Å². The zero-order valence-electron chi connectivity index (χ0n) is 19.9. The number of furan rings is 1. The predicted octanol–water partition coefficient (Wildman–Crippen LogP) is 7.47. The monoisotopic (exact) mass is 492 g/mol. The minimum Gasteiger partial charge on any atom is -0.506 e. The zero-order valence-corrected chi connectivity index (χ0v) is 21.5. The molecule has 2 aliphatic carbocycles. The third-order valence-electron chi connectivity index (χ3n) is 7.85. The lowest BCUT2D eigenvalue weighted by Gasteiger charge is -2.21. The number of rotatable bonds is 8. The molecule has 3 atom stereocenters. The Labute approximate surface area is 211 Å². The number of benzene rings is 1. The highest BCUT2D eigenvalue weighted by Crippen LogP contribution is 2.49. The fraction of sp³-hybridized carbons (Fsp3) is 0.433. The standard InChI is InChI=1S/C30H33ClO2S/c1-3-5-6-23-17-26(20-9-12-24(31)13-10-20)33-27(23)18-29-30(32)25(28(4-2)34-29)14-11-22-16-19-7-8-21(22)15-19/h9-10,12-13,17-19,21-22,32H,2-3,5-8,11,14-16H2,1H3/b29-18-. The van der Waals surface area contributed by atoms with Crippen molar-refractivity contribution in [1.29, 1.82) is 0 Å². The van der Waals surface area contributed by atoms with E-state index in [2.05, 4.69) is 25.3 Å². The summed E-state index contributed by atoms with van der Waals surface area (Å²) in [6.07, 6.45) is 12.9. The van der Waals surface area contributed by atoms with Gasteiger partial charge in [-0.15, -0.1) is 17.1 Å². The third-order valence-corrected chi connectivity index (χ3v) is 9.23. The summed E-state index contributed by atoms with van der Waals surface area (Å²) in [5, 5.41) is 11.9. The van der Waals surface area contributed by atoms with Crippen LogP contribution in [0.3, 0.4) is 0 Å². The van der Waals surface area contributed by atoms with Crippen molar-refractivity contribution < 1.29 is 9.52 Å². The van der Waals surface area contributed by atoms with Gasteiger partial charge in [0.1, 0.15) is 17.3 Å². The summed E-state index contributed by atoms with van der Waals surface area (Å²) in [7, 11) is 0. The number of fused-ring (bicyclic) bond motifs is 2. The molecule has 2 aliphatic rings. The number of thiophene rings is 1. The van der Waals surface area contributed by atoms with Crippen LogP contribution in [0.4, 0.5) is 0 Å². The van der Waals surface area contributed by atoms with Gasteiger partial charge in [-0.1, -0.05) is 37.9 Å². The molecule has 2 fully saturated rings. The minimum absolute atomic E-state index is 0.380. The molecule has 34 heavy (non-hydrogen) atoms. The van der Waals surface area contributed by atoms with Gasteiger partial charge in [0.2, 0.25) is 0 Å². The van der Waals surface area contributed by atoms with Gasteiger partial charge in [0.15, 0.2) is 0 Å². The summed E-state index contributed by atoms with van der Waals surface area (Å²) in [5.74, 6) is 4.71. The molecule has 2 nitrogen and oxygen atoms in total. The van der Waals surface area contributed by atoms with Crippen molar-refractivity contribution in [3.8, 4) is 17.1 Å². The highest BCUT2D eigenvalue weighted by molar-refractivity contribution is 7.08. The van der Waals surface area contributed by atoms with E-state index < -0.39 is 0 Å². The Morgan fingerprint density at radius 3 is 2.71 bits per heavy atom. The molecule has 2 bridgehead atoms. The summed E-state index contributed by atoms with van der Waals surface area (Å²) < 4.78 is 8.12. The first-order chi connectivity index (χ1) is 16.6. The van der Waals surface area contributed by atoms with E-state index in [4.69, 9.17) is 16.0 Å². The number of hydrogen-bond donors (Lipinski definition) is 1. The quantitative estimate of drug-likeness (QED) is 0.353. The van der Waals surface area contributed by atoms with Gasteiger partial charge in [0.25, 0.3) is 0 Å². The van der Waals surface area contributed by atoms with Gasteiger partial charge in [-0.3, -0.25) is 0 Å². The van der Waals surface area contributed by atoms with E-state index >= 15 is 0 Å². The molecule has 0 amide bonds. The SMILES string of the molecule is C=C=c1s/c(=C\c2oc(-c3ccc(Cl)cc3)cc2CCCC)c(O)c1CCC1CC2CCC1C2. The van der Waals surface area contributed by atoms with Crippen LogP contribution in [0.15, 0.2) is 41.3 Å². The Bertz CT molecular complexity index is 1290. The molecule has 0 aliphatic heterocycles. The van der Waals surface area contributed by atoms with Crippen molar-refractivity contribution in [2.24, 2.45) is 17.8 Å². The Hall–Kier alpha value is -2.19. The average Bonchev–Trinajstić information content (AvgIpc) is 3.62. The van der Waals surface area contributed by atoms with Gasteiger partial charge in [-0.05, 0) is 98.6 Å². The number of unbranched alkanes of at least 4 members (excludes halogenated alkanes) is 1. The molecular formula is C30H33ClO2S. The van der Waals surface area contributed by atoms with Gasteiger partial charge in [-0.2, -0.15) is 0 Å². The van der Waals surface area contributed by atoms with Crippen LogP contribution in [-0.2, 0) is 12.8 Å². The topological polar surface area (TPSA) is 33.4 Å². The summed E-state index contributed by atoms with van der Waals surface area (Å²) in [4.78, 5) is 0. The van der Waals surface area contributed by atoms with E-state index in [0.717, 1.165) is 81.6 Å². The maximum atomic E-state index is 11.2. The molecule has 1 aromatic carbocycles. The predicted molar refractivity (Wildman–Crippen MR) is 143 cm³/mol. The van der Waals surface area contributed by atoms with Gasteiger partial charge >= 0.3 is 0 Å². The molecule has 2 saturated carbocycles. The highest BCUT2D eigenvalue weighted by atomic mass is 35.5. The molecule has 2 heterocycles. The van der Waals surface area contributed by atoms with E-state index in [1.54, 1.807) is 11.3 Å². The lowest BCUT2D eigenvalue weighted by molar-refractivity contribution is 0.313. The summed E-state index contributed by atoms with van der Waals surface area (Å²) in [5.41, 5.74) is 6.27. The van der Waals surface area contributed by atoms with Gasteiger partial charge in [-0.25, -0.2) is 0 Å². The summed E-state index contributed by atoms with van der Waals surface area (Å²) in [6.45, 7) is 6.10. The molecule has 3 aromatic rings. The lowest BCUT2D eigenvalue weighted by atomic mass is 9.85. The van der Waals surface area contributed by atoms with Crippen LogP contribution in [0.5, 0.6) is 5.75 Å². The molecule has 0 saturated heterocycles. The highest BCUT2D eigenvalue weighted by Gasteiger charge is 2.39. The number of aryl methyl sites for hydroxylation is 1.